The third-order valence-electron chi connectivity index (χ3n) is 3.81. The SMILES string of the molecule is Cc1ccc(O)c(CN2CCC(C(=O)O)CC2C)n1. The lowest BCUT2D eigenvalue weighted by Crippen LogP contribution is -2.42. The van der Waals surface area contributed by atoms with E-state index in [-0.39, 0.29) is 17.7 Å². The highest BCUT2D eigenvalue weighted by Crippen LogP contribution is 2.26. The Balaban J connectivity index is 2.04. The average molecular weight is 264 g/mol. The number of nitrogens with zero attached hydrogens (tertiary/aromatic N) is 2. The zero-order valence-corrected chi connectivity index (χ0v) is 11.3. The van der Waals surface area contributed by atoms with Gasteiger partial charge in [-0.2, -0.15) is 0 Å². The highest BCUT2D eigenvalue weighted by atomic mass is 16.4. The number of aromatic nitrogens is 1. The number of piperidine rings is 1. The lowest BCUT2D eigenvalue weighted by atomic mass is 9.91. The molecule has 19 heavy (non-hydrogen) atoms. The van der Waals surface area contributed by atoms with Crippen molar-refractivity contribution in [1.82, 2.24) is 9.88 Å². The minimum Gasteiger partial charge on any atom is -0.506 e. The van der Waals surface area contributed by atoms with Crippen LogP contribution in [0.1, 0.15) is 31.2 Å². The Morgan fingerprint density at radius 2 is 2.26 bits per heavy atom. The average Bonchev–Trinajstić information content (AvgIpc) is 2.36. The number of likely N-dealkylation sites (tertiary alicyclic amines) is 1. The molecule has 0 saturated carbocycles. The van der Waals surface area contributed by atoms with Crippen LogP contribution >= 0.6 is 0 Å². The molecule has 2 N–H and O–H groups in total. The first-order valence-electron chi connectivity index (χ1n) is 6.59. The molecule has 0 radical (unpaired) electrons. The van der Waals surface area contributed by atoms with Crippen molar-refractivity contribution in [3.8, 4) is 5.75 Å². The van der Waals surface area contributed by atoms with Gasteiger partial charge in [0, 0.05) is 18.3 Å². The maximum absolute atomic E-state index is 11.0. The van der Waals surface area contributed by atoms with Crippen LogP contribution in [0.5, 0.6) is 5.75 Å². The number of carbonyl (C=O) groups is 1. The Kier molecular flexibility index (Phi) is 4.04. The number of rotatable bonds is 3. The molecule has 2 heterocycles. The van der Waals surface area contributed by atoms with E-state index < -0.39 is 5.97 Å². The summed E-state index contributed by atoms with van der Waals surface area (Å²) in [6.07, 6.45) is 1.31. The number of pyridine rings is 1. The largest absolute Gasteiger partial charge is 0.506 e. The summed E-state index contributed by atoms with van der Waals surface area (Å²) in [5.41, 5.74) is 1.54. The summed E-state index contributed by atoms with van der Waals surface area (Å²) in [5, 5.41) is 18.9. The van der Waals surface area contributed by atoms with Crippen molar-refractivity contribution in [3.63, 3.8) is 0 Å². The zero-order chi connectivity index (χ0) is 14.0. The predicted octanol–water partition coefficient (Wildman–Crippen LogP) is 1.78. The summed E-state index contributed by atoms with van der Waals surface area (Å²) in [6, 6.07) is 3.63. The summed E-state index contributed by atoms with van der Waals surface area (Å²) in [7, 11) is 0. The number of aryl methyl sites for hydroxylation is 1. The van der Waals surface area contributed by atoms with E-state index in [2.05, 4.69) is 9.88 Å². The van der Waals surface area contributed by atoms with Gasteiger partial charge in [-0.05, 0) is 45.4 Å². The molecule has 1 aliphatic rings. The topological polar surface area (TPSA) is 73.7 Å². The van der Waals surface area contributed by atoms with Crippen LogP contribution in [0.4, 0.5) is 0 Å². The summed E-state index contributed by atoms with van der Waals surface area (Å²) in [5.74, 6) is -0.744. The molecule has 1 aliphatic heterocycles. The molecule has 104 valence electrons. The van der Waals surface area contributed by atoms with Gasteiger partial charge in [-0.3, -0.25) is 14.7 Å². The fourth-order valence-electron chi connectivity index (χ4n) is 2.59. The van der Waals surface area contributed by atoms with Gasteiger partial charge in [-0.1, -0.05) is 0 Å². The van der Waals surface area contributed by atoms with Crippen LogP contribution in [0.3, 0.4) is 0 Å². The van der Waals surface area contributed by atoms with Crippen molar-refractivity contribution in [1.29, 1.82) is 0 Å². The maximum atomic E-state index is 11.0. The smallest absolute Gasteiger partial charge is 0.306 e. The Labute approximate surface area is 112 Å². The van der Waals surface area contributed by atoms with Crippen molar-refractivity contribution < 1.29 is 15.0 Å². The molecular weight excluding hydrogens is 244 g/mol. The van der Waals surface area contributed by atoms with Crippen LogP contribution in [-0.4, -0.2) is 38.7 Å². The van der Waals surface area contributed by atoms with Crippen molar-refractivity contribution in [2.24, 2.45) is 5.92 Å². The standard InChI is InChI=1S/C14H20N2O3/c1-9-3-4-13(17)12(15-9)8-16-6-5-11(14(18)19)7-10(16)2/h3-4,10-11,17H,5-8H2,1-2H3,(H,18,19). The maximum Gasteiger partial charge on any atom is 0.306 e. The molecule has 0 aliphatic carbocycles. The predicted molar refractivity (Wildman–Crippen MR) is 70.9 cm³/mol. The van der Waals surface area contributed by atoms with E-state index in [0.29, 0.717) is 25.1 Å². The van der Waals surface area contributed by atoms with E-state index in [4.69, 9.17) is 5.11 Å². The number of aromatic hydroxyl groups is 1. The van der Waals surface area contributed by atoms with Gasteiger partial charge < -0.3 is 10.2 Å². The fraction of sp³-hybridized carbons (Fsp3) is 0.571. The second kappa shape index (κ2) is 5.57. The van der Waals surface area contributed by atoms with Crippen LogP contribution in [0.25, 0.3) is 0 Å². The molecule has 5 nitrogen and oxygen atoms in total. The van der Waals surface area contributed by atoms with Gasteiger partial charge >= 0.3 is 5.97 Å². The van der Waals surface area contributed by atoms with Crippen LogP contribution in [0.15, 0.2) is 12.1 Å². The minimum atomic E-state index is -0.706. The Morgan fingerprint density at radius 1 is 1.53 bits per heavy atom. The molecule has 1 aromatic rings. The summed E-state index contributed by atoms with van der Waals surface area (Å²) in [6.45, 7) is 5.22. The molecule has 1 fully saturated rings. The molecule has 0 amide bonds. The highest BCUT2D eigenvalue weighted by molar-refractivity contribution is 5.70. The number of carboxylic acid groups (broad SMARTS) is 1. The van der Waals surface area contributed by atoms with Gasteiger partial charge in [0.15, 0.2) is 0 Å². The Hall–Kier alpha value is -1.62. The molecule has 2 unspecified atom stereocenters. The molecule has 0 aromatic carbocycles. The second-order valence-corrected chi connectivity index (χ2v) is 5.30. The zero-order valence-electron chi connectivity index (χ0n) is 11.3. The monoisotopic (exact) mass is 264 g/mol. The molecule has 1 saturated heterocycles. The van der Waals surface area contributed by atoms with E-state index in [9.17, 15) is 9.90 Å². The summed E-state index contributed by atoms with van der Waals surface area (Å²) in [4.78, 5) is 17.5. The molecule has 2 rings (SSSR count). The quantitative estimate of drug-likeness (QED) is 0.870. The molecule has 0 bridgehead atoms. The van der Waals surface area contributed by atoms with Gasteiger partial charge in [0.25, 0.3) is 0 Å². The van der Waals surface area contributed by atoms with E-state index in [1.54, 1.807) is 12.1 Å². The molecule has 5 heteroatoms. The van der Waals surface area contributed by atoms with Crippen LogP contribution < -0.4 is 0 Å². The molecular formula is C14H20N2O3. The first-order valence-corrected chi connectivity index (χ1v) is 6.59. The van der Waals surface area contributed by atoms with Crippen molar-refractivity contribution in [2.75, 3.05) is 6.54 Å². The Morgan fingerprint density at radius 3 is 2.89 bits per heavy atom. The normalized spacial score (nSPS) is 24.3. The van der Waals surface area contributed by atoms with Gasteiger partial charge in [0.05, 0.1) is 11.6 Å². The van der Waals surface area contributed by atoms with Crippen molar-refractivity contribution in [3.05, 3.63) is 23.5 Å². The van der Waals surface area contributed by atoms with Gasteiger partial charge in [0.2, 0.25) is 0 Å². The van der Waals surface area contributed by atoms with Gasteiger partial charge in [0.1, 0.15) is 5.75 Å². The highest BCUT2D eigenvalue weighted by Gasteiger charge is 2.30. The van der Waals surface area contributed by atoms with E-state index >= 15 is 0 Å². The van der Waals surface area contributed by atoms with Gasteiger partial charge in [-0.25, -0.2) is 0 Å². The second-order valence-electron chi connectivity index (χ2n) is 5.30. The third-order valence-corrected chi connectivity index (χ3v) is 3.81. The summed E-state index contributed by atoms with van der Waals surface area (Å²) >= 11 is 0. The molecule has 1 aromatic heterocycles. The first-order chi connectivity index (χ1) is 8.97. The van der Waals surface area contributed by atoms with Crippen LogP contribution in [0, 0.1) is 12.8 Å². The summed E-state index contributed by atoms with van der Waals surface area (Å²) < 4.78 is 0. The van der Waals surface area contributed by atoms with Crippen LogP contribution in [-0.2, 0) is 11.3 Å². The lowest BCUT2D eigenvalue weighted by molar-refractivity contribution is -0.144. The number of aliphatic carboxylic acids is 1. The number of carboxylic acids is 1. The first kappa shape index (κ1) is 13.8. The minimum absolute atomic E-state index is 0.191. The Bertz CT molecular complexity index is 476. The van der Waals surface area contributed by atoms with Crippen molar-refractivity contribution >= 4 is 5.97 Å². The third kappa shape index (κ3) is 3.23. The fourth-order valence-corrected chi connectivity index (χ4v) is 2.59. The van der Waals surface area contributed by atoms with Crippen LogP contribution in [0.2, 0.25) is 0 Å². The number of hydrogen-bond donors (Lipinski definition) is 2. The lowest BCUT2D eigenvalue weighted by Gasteiger charge is -2.36. The van der Waals surface area contributed by atoms with Gasteiger partial charge in [-0.15, -0.1) is 0 Å². The molecule has 0 spiro atoms. The number of hydrogen-bond acceptors (Lipinski definition) is 4. The van der Waals surface area contributed by atoms with Crippen molar-refractivity contribution in [2.45, 2.75) is 39.3 Å². The van der Waals surface area contributed by atoms with E-state index in [1.165, 1.54) is 0 Å². The van der Waals surface area contributed by atoms with E-state index in [0.717, 1.165) is 12.2 Å². The molecule has 2 atom stereocenters. The van der Waals surface area contributed by atoms with E-state index in [1.807, 2.05) is 13.8 Å².